The van der Waals surface area contributed by atoms with Crippen molar-refractivity contribution in [3.8, 4) is 0 Å². The maximum absolute atomic E-state index is 3.61. The largest absolute Gasteiger partial charge is 0.315 e. The van der Waals surface area contributed by atoms with Gasteiger partial charge in [-0.2, -0.15) is 0 Å². The fraction of sp³-hybridized carbons (Fsp3) is 1.00. The quantitative estimate of drug-likeness (QED) is 0.370. The van der Waals surface area contributed by atoms with Crippen LogP contribution in [0, 0.1) is 0 Å². The molecule has 0 aromatic carbocycles. The third-order valence-electron chi connectivity index (χ3n) is 4.34. The Morgan fingerprint density at radius 2 is 1.14 bits per heavy atom. The molecule has 128 valence electrons. The molecule has 0 heterocycles. The molecule has 0 spiro atoms. The van der Waals surface area contributed by atoms with Gasteiger partial charge in [-0.3, -0.25) is 0 Å². The molecular weight excluding hydrogens is 256 g/mol. The van der Waals surface area contributed by atoms with Crippen molar-refractivity contribution in [3.05, 3.63) is 0 Å². The zero-order valence-electron chi connectivity index (χ0n) is 15.3. The number of rotatable bonds is 17. The first-order chi connectivity index (χ1) is 10.3. The molecule has 0 saturated heterocycles. The summed E-state index contributed by atoms with van der Waals surface area (Å²) < 4.78 is 0. The predicted octanol–water partition coefficient (Wildman–Crippen LogP) is 5.23. The van der Waals surface area contributed by atoms with E-state index in [0.717, 1.165) is 6.54 Å². The minimum atomic E-state index is 1.16. The normalized spacial score (nSPS) is 11.4. The first-order valence-corrected chi connectivity index (χ1v) is 9.78. The molecule has 2 nitrogen and oxygen atoms in total. The van der Waals surface area contributed by atoms with Crippen molar-refractivity contribution in [3.63, 3.8) is 0 Å². The lowest BCUT2D eigenvalue weighted by Crippen LogP contribution is -2.33. The highest BCUT2D eigenvalue weighted by Gasteiger charge is 2.01. The van der Waals surface area contributed by atoms with E-state index in [0.29, 0.717) is 0 Å². The number of likely N-dealkylation sites (N-methyl/N-ethyl adjacent to an activating group) is 1. The smallest absolute Gasteiger partial charge is 0.0107 e. The van der Waals surface area contributed by atoms with Crippen LogP contribution in [0.1, 0.15) is 91.4 Å². The summed E-state index contributed by atoms with van der Waals surface area (Å²) in [5.74, 6) is 0. The van der Waals surface area contributed by atoms with E-state index in [-0.39, 0.29) is 0 Å². The Morgan fingerprint density at radius 1 is 0.571 bits per heavy atom. The molecule has 0 aliphatic heterocycles. The molecule has 0 amide bonds. The Kier molecular flexibility index (Phi) is 17.9. The molecule has 1 N–H and O–H groups in total. The first kappa shape index (κ1) is 20.9. The lowest BCUT2D eigenvalue weighted by Gasteiger charge is -2.20. The Morgan fingerprint density at radius 3 is 1.76 bits per heavy atom. The standard InChI is InChI=1S/C19H42N2/c1-4-7-9-11-12-14-16-20-17-19-21(6-3)18-15-13-10-8-5-2/h20H,4-19H2,1-3H3. The van der Waals surface area contributed by atoms with Gasteiger partial charge in [-0.1, -0.05) is 78.6 Å². The molecule has 0 rings (SSSR count). The molecule has 0 saturated carbocycles. The molecule has 0 aromatic rings. The monoisotopic (exact) mass is 298 g/mol. The van der Waals surface area contributed by atoms with Crippen LogP contribution in [0.15, 0.2) is 0 Å². The Balaban J connectivity index is 3.26. The number of nitrogens with zero attached hydrogens (tertiary/aromatic N) is 1. The second kappa shape index (κ2) is 18.0. The Hall–Kier alpha value is -0.0800. The van der Waals surface area contributed by atoms with Crippen LogP contribution in [0.5, 0.6) is 0 Å². The average molecular weight is 299 g/mol. The summed E-state index contributed by atoms with van der Waals surface area (Å²) in [6.07, 6.45) is 15.3. The number of hydrogen-bond donors (Lipinski definition) is 1. The predicted molar refractivity (Wildman–Crippen MR) is 97.1 cm³/mol. The minimum Gasteiger partial charge on any atom is -0.315 e. The van der Waals surface area contributed by atoms with E-state index in [4.69, 9.17) is 0 Å². The van der Waals surface area contributed by atoms with Gasteiger partial charge in [0, 0.05) is 13.1 Å². The second-order valence-electron chi connectivity index (χ2n) is 6.37. The van der Waals surface area contributed by atoms with Crippen LogP contribution in [0.25, 0.3) is 0 Å². The summed E-state index contributed by atoms with van der Waals surface area (Å²) >= 11 is 0. The van der Waals surface area contributed by atoms with Crippen LogP contribution in [0.4, 0.5) is 0 Å². The Labute approximate surface area is 135 Å². The number of unbranched alkanes of at least 4 members (excludes halogenated alkanes) is 9. The van der Waals surface area contributed by atoms with Gasteiger partial charge < -0.3 is 10.2 Å². The van der Waals surface area contributed by atoms with Gasteiger partial charge in [-0.05, 0) is 32.5 Å². The summed E-state index contributed by atoms with van der Waals surface area (Å²) in [6.45, 7) is 12.9. The molecule has 0 atom stereocenters. The maximum Gasteiger partial charge on any atom is 0.0107 e. The summed E-state index contributed by atoms with van der Waals surface area (Å²) in [5, 5.41) is 3.61. The lowest BCUT2D eigenvalue weighted by atomic mass is 10.1. The van der Waals surface area contributed by atoms with E-state index in [1.54, 1.807) is 0 Å². The van der Waals surface area contributed by atoms with Crippen molar-refractivity contribution in [1.82, 2.24) is 10.2 Å². The van der Waals surface area contributed by atoms with Crippen molar-refractivity contribution in [2.75, 3.05) is 32.7 Å². The average Bonchev–Trinajstić information content (AvgIpc) is 2.51. The van der Waals surface area contributed by atoms with E-state index in [9.17, 15) is 0 Å². The van der Waals surface area contributed by atoms with Crippen LogP contribution in [0.2, 0.25) is 0 Å². The van der Waals surface area contributed by atoms with Gasteiger partial charge in [0.05, 0.1) is 0 Å². The zero-order valence-corrected chi connectivity index (χ0v) is 15.3. The number of nitrogens with one attached hydrogen (secondary N) is 1. The van der Waals surface area contributed by atoms with Crippen LogP contribution in [0.3, 0.4) is 0 Å². The maximum atomic E-state index is 3.61. The lowest BCUT2D eigenvalue weighted by molar-refractivity contribution is 0.279. The van der Waals surface area contributed by atoms with Crippen molar-refractivity contribution < 1.29 is 0 Å². The molecule has 0 aliphatic carbocycles. The fourth-order valence-corrected chi connectivity index (χ4v) is 2.76. The van der Waals surface area contributed by atoms with Crippen LogP contribution < -0.4 is 5.32 Å². The third-order valence-corrected chi connectivity index (χ3v) is 4.34. The summed E-state index contributed by atoms with van der Waals surface area (Å²) in [7, 11) is 0. The topological polar surface area (TPSA) is 15.3 Å². The van der Waals surface area contributed by atoms with Crippen LogP contribution in [-0.2, 0) is 0 Å². The summed E-state index contributed by atoms with van der Waals surface area (Å²) in [6, 6.07) is 0. The fourth-order valence-electron chi connectivity index (χ4n) is 2.76. The highest BCUT2D eigenvalue weighted by Crippen LogP contribution is 2.05. The number of hydrogen-bond acceptors (Lipinski definition) is 2. The van der Waals surface area contributed by atoms with Crippen molar-refractivity contribution >= 4 is 0 Å². The van der Waals surface area contributed by atoms with Gasteiger partial charge in [-0.15, -0.1) is 0 Å². The highest BCUT2D eigenvalue weighted by atomic mass is 15.1. The first-order valence-electron chi connectivity index (χ1n) is 9.78. The zero-order chi connectivity index (χ0) is 15.6. The molecule has 0 aliphatic rings. The SMILES string of the molecule is CCCCCCCCNCCN(CC)CCCCCCC. The van der Waals surface area contributed by atoms with Crippen molar-refractivity contribution in [1.29, 1.82) is 0 Å². The molecule has 0 aromatic heterocycles. The molecule has 0 radical (unpaired) electrons. The van der Waals surface area contributed by atoms with Gasteiger partial charge in [0.15, 0.2) is 0 Å². The summed E-state index contributed by atoms with van der Waals surface area (Å²) in [5.41, 5.74) is 0. The van der Waals surface area contributed by atoms with E-state index < -0.39 is 0 Å². The van der Waals surface area contributed by atoms with Crippen molar-refractivity contribution in [2.24, 2.45) is 0 Å². The molecule has 0 fully saturated rings. The van der Waals surface area contributed by atoms with Crippen molar-refractivity contribution in [2.45, 2.75) is 91.4 Å². The van der Waals surface area contributed by atoms with Gasteiger partial charge in [0.1, 0.15) is 0 Å². The van der Waals surface area contributed by atoms with Gasteiger partial charge in [-0.25, -0.2) is 0 Å². The summed E-state index contributed by atoms with van der Waals surface area (Å²) in [4.78, 5) is 2.60. The Bertz CT molecular complexity index is 182. The van der Waals surface area contributed by atoms with E-state index in [2.05, 4.69) is 31.0 Å². The third kappa shape index (κ3) is 16.1. The van der Waals surface area contributed by atoms with Gasteiger partial charge in [0.2, 0.25) is 0 Å². The molecular formula is C19H42N2. The minimum absolute atomic E-state index is 1.16. The van der Waals surface area contributed by atoms with Crippen LogP contribution >= 0.6 is 0 Å². The van der Waals surface area contributed by atoms with E-state index in [1.807, 2.05) is 0 Å². The second-order valence-corrected chi connectivity index (χ2v) is 6.37. The van der Waals surface area contributed by atoms with Gasteiger partial charge in [0.25, 0.3) is 0 Å². The van der Waals surface area contributed by atoms with Gasteiger partial charge >= 0.3 is 0 Å². The van der Waals surface area contributed by atoms with E-state index >= 15 is 0 Å². The molecule has 0 unspecified atom stereocenters. The molecule has 21 heavy (non-hydrogen) atoms. The van der Waals surface area contributed by atoms with E-state index in [1.165, 1.54) is 96.8 Å². The molecule has 2 heteroatoms. The van der Waals surface area contributed by atoms with Crippen LogP contribution in [-0.4, -0.2) is 37.6 Å². The molecule has 0 bridgehead atoms. The highest BCUT2D eigenvalue weighted by molar-refractivity contribution is 4.59.